The number of benzene rings is 5. The van der Waals surface area contributed by atoms with Crippen LogP contribution in [-0.2, 0) is 0 Å². The van der Waals surface area contributed by atoms with Gasteiger partial charge >= 0.3 is 0 Å². The van der Waals surface area contributed by atoms with Crippen molar-refractivity contribution in [1.82, 2.24) is 34.9 Å². The number of aryl methyl sites for hydroxylation is 8. The van der Waals surface area contributed by atoms with E-state index in [0.29, 0.717) is 33.1 Å². The van der Waals surface area contributed by atoms with E-state index in [1.54, 1.807) is 25.7 Å². The van der Waals surface area contributed by atoms with E-state index in [4.69, 9.17) is 16.3 Å². The third-order valence-corrected chi connectivity index (χ3v) is 16.0. The van der Waals surface area contributed by atoms with Crippen LogP contribution < -0.4 is 4.74 Å². The molecule has 12 nitrogen and oxygen atoms in total. The van der Waals surface area contributed by atoms with Crippen LogP contribution in [0.15, 0.2) is 161 Å². The van der Waals surface area contributed by atoms with Gasteiger partial charge in [0.2, 0.25) is 5.88 Å². The first-order valence-electron chi connectivity index (χ1n) is 28.3. The minimum absolute atomic E-state index is 0.232. The number of nitrogens with zero attached hydrogens (tertiary/aromatic N) is 7. The van der Waals surface area contributed by atoms with Gasteiger partial charge in [0.1, 0.15) is 54.8 Å². The molecule has 0 spiro atoms. The maximum atomic E-state index is 10.2. The zero-order valence-corrected chi connectivity index (χ0v) is 54.4. The fourth-order valence-corrected chi connectivity index (χ4v) is 10.5. The van der Waals surface area contributed by atoms with Crippen molar-refractivity contribution in [3.05, 3.63) is 256 Å². The number of ether oxygens (including phenoxy) is 1. The Hall–Kier alpha value is -9.60. The molecule has 0 aliphatic rings. The van der Waals surface area contributed by atoms with Crippen LogP contribution in [0.3, 0.4) is 0 Å². The predicted octanol–water partition coefficient (Wildman–Crippen LogP) is 19.3. The summed E-state index contributed by atoms with van der Waals surface area (Å²) >= 11 is 12.8. The van der Waals surface area contributed by atoms with Gasteiger partial charge in [-0.2, -0.15) is 0 Å². The number of fused-ring (bicyclic) bond motifs is 4. The van der Waals surface area contributed by atoms with E-state index < -0.39 is 0 Å². The average Bonchev–Trinajstić information content (AvgIpc) is 1.62. The lowest BCUT2D eigenvalue weighted by Gasteiger charge is -2.08. The van der Waals surface area contributed by atoms with Gasteiger partial charge in [-0.3, -0.25) is 0 Å². The molecular formula is C74H64Br2ClN7O5. The first-order valence-corrected chi connectivity index (χ1v) is 30.3. The molecule has 0 fully saturated rings. The molecule has 0 saturated heterocycles. The molecule has 4 N–H and O–H groups in total. The SMILES string of the molecule is COc1ccc(/C=C/c2ccc3c(C)cc(C)c(O)c3n2)cn1.Cc1cc(C)c2ccc(/C=C/c3ccc(Br)cc3)nc2c1O.Cc1cc(C)c2ccc(/C=C/c3ccc(Br)nc3)nc2c1O.Cc1cc(C)c2ccc(/C=C/c3cccnc3Cl)nc2c1O. The number of methoxy groups -OCH3 is 1. The van der Waals surface area contributed by atoms with Gasteiger partial charge in [0.25, 0.3) is 0 Å². The van der Waals surface area contributed by atoms with Crippen molar-refractivity contribution >= 4 is 136 Å². The molecule has 0 bridgehead atoms. The largest absolute Gasteiger partial charge is 0.505 e. The molecule has 12 aromatic rings. The summed E-state index contributed by atoms with van der Waals surface area (Å²) < 4.78 is 6.91. The third-order valence-electron chi connectivity index (χ3n) is 14.6. The number of aromatic hydroxyl groups is 4. The van der Waals surface area contributed by atoms with E-state index in [-0.39, 0.29) is 23.0 Å². The van der Waals surface area contributed by atoms with Crippen molar-refractivity contribution < 1.29 is 25.2 Å². The molecule has 0 amide bonds. The van der Waals surface area contributed by atoms with Crippen LogP contribution in [0.25, 0.3) is 92.2 Å². The second-order valence-electron chi connectivity index (χ2n) is 21.3. The van der Waals surface area contributed by atoms with Gasteiger partial charge in [-0.1, -0.05) is 119 Å². The fraction of sp³-hybridized carbons (Fsp3) is 0.122. The summed E-state index contributed by atoms with van der Waals surface area (Å²) in [5.41, 5.74) is 17.4. The Labute approximate surface area is 539 Å². The summed E-state index contributed by atoms with van der Waals surface area (Å²) in [6.07, 6.45) is 20.6. The Kier molecular flexibility index (Phi) is 20.8. The van der Waals surface area contributed by atoms with Gasteiger partial charge in [0.15, 0.2) is 0 Å². The predicted molar refractivity (Wildman–Crippen MR) is 373 cm³/mol. The van der Waals surface area contributed by atoms with E-state index in [1.807, 2.05) is 237 Å². The number of rotatable bonds is 9. The highest BCUT2D eigenvalue weighted by atomic mass is 79.9. The number of phenols is 4. The minimum Gasteiger partial charge on any atom is -0.505 e. The van der Waals surface area contributed by atoms with Crippen LogP contribution in [0.1, 0.15) is 89.5 Å². The molecule has 0 atom stereocenters. The molecule has 12 rings (SSSR count). The van der Waals surface area contributed by atoms with Crippen LogP contribution in [-0.4, -0.2) is 62.4 Å². The summed E-state index contributed by atoms with van der Waals surface area (Å²) in [4.78, 5) is 30.6. The number of pyridine rings is 7. The second kappa shape index (κ2) is 28.9. The van der Waals surface area contributed by atoms with E-state index in [9.17, 15) is 20.4 Å². The minimum atomic E-state index is 0.232. The van der Waals surface area contributed by atoms with Crippen LogP contribution in [0, 0.1) is 55.4 Å². The number of hydrogen-bond donors (Lipinski definition) is 4. The van der Waals surface area contributed by atoms with Crippen molar-refractivity contribution in [3.63, 3.8) is 0 Å². The Balaban J connectivity index is 0.000000141. The fourth-order valence-electron chi connectivity index (χ4n) is 9.81. The summed E-state index contributed by atoms with van der Waals surface area (Å²) in [5.74, 6) is 1.57. The van der Waals surface area contributed by atoms with E-state index >= 15 is 0 Å². The highest BCUT2D eigenvalue weighted by Crippen LogP contribution is 2.34. The molecule has 7 heterocycles. The van der Waals surface area contributed by atoms with Crippen LogP contribution >= 0.6 is 43.5 Å². The average molecular weight is 1330 g/mol. The molecule has 446 valence electrons. The van der Waals surface area contributed by atoms with Crippen molar-refractivity contribution in [3.8, 4) is 28.9 Å². The highest BCUT2D eigenvalue weighted by Gasteiger charge is 2.13. The summed E-state index contributed by atoms with van der Waals surface area (Å²) in [6.45, 7) is 15.6. The summed E-state index contributed by atoms with van der Waals surface area (Å²) in [5, 5.41) is 45.3. The molecule has 7 aromatic heterocycles. The molecule has 0 aliphatic heterocycles. The molecule has 0 unspecified atom stereocenters. The first kappa shape index (κ1) is 63.9. The number of aromatic nitrogens is 7. The van der Waals surface area contributed by atoms with Crippen molar-refractivity contribution in [2.24, 2.45) is 0 Å². The highest BCUT2D eigenvalue weighted by molar-refractivity contribution is 9.10. The lowest BCUT2D eigenvalue weighted by atomic mass is 10.0. The zero-order valence-electron chi connectivity index (χ0n) is 50.5. The first-order chi connectivity index (χ1) is 42.7. The van der Waals surface area contributed by atoms with Gasteiger partial charge in [-0.15, -0.1) is 0 Å². The number of phenolic OH excluding ortho intramolecular Hbond substituents is 4. The molecule has 5 aromatic carbocycles. The van der Waals surface area contributed by atoms with Crippen LogP contribution in [0.2, 0.25) is 5.15 Å². The lowest BCUT2D eigenvalue weighted by Crippen LogP contribution is -1.89. The van der Waals surface area contributed by atoms with Gasteiger partial charge in [0, 0.05) is 56.2 Å². The molecule has 89 heavy (non-hydrogen) atoms. The normalized spacial score (nSPS) is 11.4. The van der Waals surface area contributed by atoms with Crippen LogP contribution in [0.4, 0.5) is 0 Å². The van der Waals surface area contributed by atoms with E-state index in [2.05, 4.69) is 66.7 Å². The van der Waals surface area contributed by atoms with Gasteiger partial charge in [-0.05, 0) is 217 Å². The molecule has 0 radical (unpaired) electrons. The van der Waals surface area contributed by atoms with Gasteiger partial charge in [0.05, 0.1) is 29.9 Å². The van der Waals surface area contributed by atoms with Crippen molar-refractivity contribution in [1.29, 1.82) is 0 Å². The maximum Gasteiger partial charge on any atom is 0.212 e. The third kappa shape index (κ3) is 15.9. The van der Waals surface area contributed by atoms with Crippen molar-refractivity contribution in [2.45, 2.75) is 55.4 Å². The van der Waals surface area contributed by atoms with Gasteiger partial charge < -0.3 is 25.2 Å². The molecule has 0 aliphatic carbocycles. The molecule has 0 saturated carbocycles. The zero-order chi connectivity index (χ0) is 63.5. The van der Waals surface area contributed by atoms with E-state index in [1.165, 1.54) is 0 Å². The second-order valence-corrected chi connectivity index (χ2v) is 23.4. The quantitative estimate of drug-likeness (QED) is 0.101. The van der Waals surface area contributed by atoms with Crippen molar-refractivity contribution in [2.75, 3.05) is 7.11 Å². The molecule has 15 heteroatoms. The van der Waals surface area contributed by atoms with Crippen LogP contribution in [0.5, 0.6) is 28.9 Å². The van der Waals surface area contributed by atoms with Gasteiger partial charge in [-0.25, -0.2) is 34.9 Å². The summed E-state index contributed by atoms with van der Waals surface area (Å²) in [7, 11) is 1.59. The monoisotopic (exact) mass is 1320 g/mol. The number of hydrogen-bond acceptors (Lipinski definition) is 12. The standard InChI is InChI=1S/C19H16BrNO.C19H18N2O2.C18H15BrN2O.C18H15ClN2O/c1-12-11-13(2)19(22)18-17(12)10-9-16(21-18)8-5-14-3-6-15(20)7-4-14;1-12-10-13(2)19(22)18-16(12)8-7-15(21-18)6-4-14-5-9-17(23-3)20-11-14;1-11-9-12(2)18(22)17-15(11)7-6-14(21-17)5-3-13-4-8-16(19)20-10-13;1-11-10-12(2)17(22)16-15(11)8-7-14(21-16)6-5-13-4-3-9-20-18(13)19/h3-11,22H,1-2H3;4-11,22H,1-3H3;2*3-10,22H,1-2H3/b8-5+;6-4+;5-3+;6-5+. The smallest absolute Gasteiger partial charge is 0.212 e. The Bertz CT molecular complexity index is 4560. The Morgan fingerprint density at radius 1 is 0.382 bits per heavy atom. The lowest BCUT2D eigenvalue weighted by molar-refractivity contribution is 0.398. The topological polar surface area (TPSA) is 180 Å². The van der Waals surface area contributed by atoms with E-state index in [0.717, 1.165) is 120 Å². The number of halogens is 3. The molecular weight excluding hydrogens is 1260 g/mol. The Morgan fingerprint density at radius 3 is 1.09 bits per heavy atom. The summed E-state index contributed by atoms with van der Waals surface area (Å²) in [6, 6.07) is 43.1. The Morgan fingerprint density at radius 2 is 0.742 bits per heavy atom. The maximum absolute atomic E-state index is 10.2.